The molecular formula is C20H20N2O5. The molecule has 0 unspecified atom stereocenters. The lowest BCUT2D eigenvalue weighted by Crippen LogP contribution is -2.54. The summed E-state index contributed by atoms with van der Waals surface area (Å²) in [4.78, 5) is 24.4. The van der Waals surface area contributed by atoms with E-state index in [1.807, 2.05) is 0 Å². The molecule has 7 heteroatoms. The van der Waals surface area contributed by atoms with E-state index in [1.54, 1.807) is 32.0 Å². The van der Waals surface area contributed by atoms with Gasteiger partial charge in [0, 0.05) is 24.8 Å². The van der Waals surface area contributed by atoms with Crippen LogP contribution in [0.2, 0.25) is 0 Å². The van der Waals surface area contributed by atoms with Crippen LogP contribution in [0.25, 0.3) is 0 Å². The number of pyridine rings is 1. The molecule has 1 aromatic carbocycles. The molecule has 0 aliphatic carbocycles. The largest absolute Gasteiger partial charge is 0.484 e. The number of aliphatic hydroxyl groups excluding tert-OH is 1. The lowest BCUT2D eigenvalue weighted by atomic mass is 9.85. The number of nitrogens with zero attached hydrogens (tertiary/aromatic N) is 2. The minimum Gasteiger partial charge on any atom is -0.484 e. The molecule has 1 aliphatic heterocycles. The van der Waals surface area contributed by atoms with Crippen molar-refractivity contribution >= 4 is 5.97 Å². The SMILES string of the molecule is CC(=O)O[C@H]1[C@H](n2cc(CO)ccc2=O)c2cc(C#N)ccc2OC1(C)C. The number of fused-ring (bicyclic) bond motifs is 1. The second-order valence-corrected chi connectivity index (χ2v) is 6.99. The predicted molar refractivity (Wildman–Crippen MR) is 96.2 cm³/mol. The van der Waals surface area contributed by atoms with E-state index in [0.717, 1.165) is 0 Å². The Morgan fingerprint density at radius 2 is 2.11 bits per heavy atom. The fourth-order valence-corrected chi connectivity index (χ4v) is 3.37. The number of ether oxygens (including phenoxy) is 2. The first-order chi connectivity index (χ1) is 12.8. The molecule has 0 saturated carbocycles. The Morgan fingerprint density at radius 1 is 1.37 bits per heavy atom. The molecule has 0 amide bonds. The van der Waals surface area contributed by atoms with Gasteiger partial charge >= 0.3 is 5.97 Å². The molecule has 7 nitrogen and oxygen atoms in total. The van der Waals surface area contributed by atoms with Gasteiger partial charge in [0.2, 0.25) is 0 Å². The van der Waals surface area contributed by atoms with Gasteiger partial charge in [-0.2, -0.15) is 5.26 Å². The third kappa shape index (κ3) is 3.44. The van der Waals surface area contributed by atoms with Crippen LogP contribution in [-0.2, 0) is 16.1 Å². The molecule has 2 atom stereocenters. The van der Waals surface area contributed by atoms with Gasteiger partial charge in [0.1, 0.15) is 17.4 Å². The average Bonchev–Trinajstić information content (AvgIpc) is 2.62. The number of carbonyl (C=O) groups is 1. The van der Waals surface area contributed by atoms with Crippen LogP contribution in [0.4, 0.5) is 0 Å². The van der Waals surface area contributed by atoms with Crippen molar-refractivity contribution in [2.45, 2.75) is 45.1 Å². The van der Waals surface area contributed by atoms with E-state index < -0.39 is 23.7 Å². The molecule has 0 radical (unpaired) electrons. The molecule has 1 N–H and O–H groups in total. The van der Waals surface area contributed by atoms with E-state index in [2.05, 4.69) is 6.07 Å². The van der Waals surface area contributed by atoms with Gasteiger partial charge in [0.05, 0.1) is 18.2 Å². The summed E-state index contributed by atoms with van der Waals surface area (Å²) in [5.41, 5.74) is 0.261. The van der Waals surface area contributed by atoms with Gasteiger partial charge in [0.25, 0.3) is 5.56 Å². The van der Waals surface area contributed by atoms with Crippen molar-refractivity contribution in [1.29, 1.82) is 5.26 Å². The lowest BCUT2D eigenvalue weighted by Gasteiger charge is -2.44. The van der Waals surface area contributed by atoms with Crippen molar-refractivity contribution in [3.8, 4) is 11.8 Å². The number of hydrogen-bond donors (Lipinski definition) is 1. The maximum absolute atomic E-state index is 12.6. The molecule has 1 aliphatic rings. The summed E-state index contributed by atoms with van der Waals surface area (Å²) in [5, 5.41) is 18.7. The van der Waals surface area contributed by atoms with Crippen LogP contribution >= 0.6 is 0 Å². The summed E-state index contributed by atoms with van der Waals surface area (Å²) in [5.74, 6) is 0.00151. The maximum Gasteiger partial charge on any atom is 0.303 e. The van der Waals surface area contributed by atoms with Crippen molar-refractivity contribution in [3.63, 3.8) is 0 Å². The van der Waals surface area contributed by atoms with Gasteiger partial charge in [-0.3, -0.25) is 9.59 Å². The Balaban J connectivity index is 2.30. The summed E-state index contributed by atoms with van der Waals surface area (Å²) >= 11 is 0. The minimum atomic E-state index is -0.924. The third-order valence-corrected chi connectivity index (χ3v) is 4.58. The van der Waals surface area contributed by atoms with Gasteiger partial charge in [-0.15, -0.1) is 0 Å². The normalized spacial score (nSPS) is 20.1. The third-order valence-electron chi connectivity index (χ3n) is 4.58. The molecule has 2 heterocycles. The van der Waals surface area contributed by atoms with Crippen LogP contribution in [0, 0.1) is 11.3 Å². The smallest absolute Gasteiger partial charge is 0.303 e. The maximum atomic E-state index is 12.6. The van der Waals surface area contributed by atoms with E-state index in [1.165, 1.54) is 29.8 Å². The number of rotatable bonds is 3. The van der Waals surface area contributed by atoms with Gasteiger partial charge < -0.3 is 19.1 Å². The van der Waals surface area contributed by atoms with Gasteiger partial charge in [-0.05, 0) is 43.7 Å². The summed E-state index contributed by atoms with van der Waals surface area (Å²) < 4.78 is 13.0. The summed E-state index contributed by atoms with van der Waals surface area (Å²) in [6, 6.07) is 9.19. The lowest BCUT2D eigenvalue weighted by molar-refractivity contribution is -0.163. The molecule has 1 aromatic heterocycles. The fourth-order valence-electron chi connectivity index (χ4n) is 3.37. The first-order valence-corrected chi connectivity index (χ1v) is 8.49. The van der Waals surface area contributed by atoms with Crippen LogP contribution in [-0.4, -0.2) is 27.3 Å². The first kappa shape index (κ1) is 18.7. The molecule has 140 valence electrons. The molecule has 0 spiro atoms. The van der Waals surface area contributed by atoms with Crippen LogP contribution < -0.4 is 10.3 Å². The zero-order valence-electron chi connectivity index (χ0n) is 15.3. The Morgan fingerprint density at radius 3 is 2.74 bits per heavy atom. The van der Waals surface area contributed by atoms with E-state index in [-0.39, 0.29) is 12.2 Å². The summed E-state index contributed by atoms with van der Waals surface area (Å²) in [7, 11) is 0. The number of benzene rings is 1. The Labute approximate surface area is 156 Å². The highest BCUT2D eigenvalue weighted by Crippen LogP contribution is 2.43. The van der Waals surface area contributed by atoms with Gasteiger partial charge in [-0.1, -0.05) is 0 Å². The summed E-state index contributed by atoms with van der Waals surface area (Å²) in [6.07, 6.45) is 0.719. The topological polar surface area (TPSA) is 102 Å². The molecule has 0 bridgehead atoms. The Hall–Kier alpha value is -3.11. The molecule has 2 aromatic rings. The Kier molecular flexibility index (Phi) is 4.77. The standard InChI is InChI=1S/C20H20N2O5/c1-12(24)26-19-18(22-10-14(11-23)5-7-17(22)25)15-8-13(9-21)4-6-16(15)27-20(19,2)3/h4-8,10,18-19,23H,11H2,1-3H3/t18-,19+/m1/s1. The number of aliphatic hydroxyl groups is 1. The zero-order chi connectivity index (χ0) is 19.8. The van der Waals surface area contributed by atoms with E-state index in [0.29, 0.717) is 22.4 Å². The van der Waals surface area contributed by atoms with Crippen molar-refractivity contribution in [2.24, 2.45) is 0 Å². The predicted octanol–water partition coefficient (Wildman–Crippen LogP) is 1.90. The van der Waals surface area contributed by atoms with Crippen molar-refractivity contribution < 1.29 is 19.4 Å². The number of hydrogen-bond acceptors (Lipinski definition) is 6. The quantitative estimate of drug-likeness (QED) is 0.831. The second kappa shape index (κ2) is 6.89. The molecule has 0 fully saturated rings. The molecule has 0 saturated heterocycles. The highest BCUT2D eigenvalue weighted by Gasteiger charge is 2.47. The number of carbonyl (C=O) groups excluding carboxylic acids is 1. The number of nitriles is 1. The zero-order valence-corrected chi connectivity index (χ0v) is 15.3. The van der Waals surface area contributed by atoms with Crippen LogP contribution in [0.5, 0.6) is 5.75 Å². The van der Waals surface area contributed by atoms with E-state index in [9.17, 15) is 20.0 Å². The van der Waals surface area contributed by atoms with E-state index >= 15 is 0 Å². The minimum absolute atomic E-state index is 0.240. The van der Waals surface area contributed by atoms with Crippen molar-refractivity contribution in [3.05, 3.63) is 63.6 Å². The van der Waals surface area contributed by atoms with Gasteiger partial charge in [-0.25, -0.2) is 0 Å². The molecule has 27 heavy (non-hydrogen) atoms. The monoisotopic (exact) mass is 368 g/mol. The highest BCUT2D eigenvalue weighted by atomic mass is 16.6. The number of esters is 1. The summed E-state index contributed by atoms with van der Waals surface area (Å²) in [6.45, 7) is 4.60. The fraction of sp³-hybridized carbons (Fsp3) is 0.350. The van der Waals surface area contributed by atoms with Crippen LogP contribution in [0.1, 0.15) is 43.5 Å². The van der Waals surface area contributed by atoms with Crippen molar-refractivity contribution in [2.75, 3.05) is 0 Å². The first-order valence-electron chi connectivity index (χ1n) is 8.49. The van der Waals surface area contributed by atoms with Crippen LogP contribution in [0.3, 0.4) is 0 Å². The molecular weight excluding hydrogens is 348 g/mol. The Bertz CT molecular complexity index is 987. The second-order valence-electron chi connectivity index (χ2n) is 6.99. The average molecular weight is 368 g/mol. The molecule has 3 rings (SSSR count). The van der Waals surface area contributed by atoms with Crippen molar-refractivity contribution in [1.82, 2.24) is 4.57 Å². The van der Waals surface area contributed by atoms with Gasteiger partial charge in [0.15, 0.2) is 6.10 Å². The van der Waals surface area contributed by atoms with Crippen LogP contribution in [0.15, 0.2) is 41.3 Å². The number of aromatic nitrogens is 1. The van der Waals surface area contributed by atoms with E-state index in [4.69, 9.17) is 9.47 Å². The highest BCUT2D eigenvalue weighted by molar-refractivity contribution is 5.66.